The summed E-state index contributed by atoms with van der Waals surface area (Å²) < 4.78 is 4.77. The van der Waals surface area contributed by atoms with Gasteiger partial charge in [-0.3, -0.25) is 4.90 Å². The van der Waals surface area contributed by atoms with E-state index in [1.165, 1.54) is 45.8 Å². The van der Waals surface area contributed by atoms with Crippen LogP contribution in [0.15, 0.2) is 0 Å². The fraction of sp³-hybridized carbons (Fsp3) is 0.938. The normalized spacial score (nSPS) is 38.1. The first kappa shape index (κ1) is 14.2. The molecule has 4 nitrogen and oxygen atoms in total. The molecule has 3 fully saturated rings. The summed E-state index contributed by atoms with van der Waals surface area (Å²) in [6, 6.07) is 1.03. The fourth-order valence-electron chi connectivity index (χ4n) is 4.02. The van der Waals surface area contributed by atoms with Crippen molar-refractivity contribution < 1.29 is 9.53 Å². The van der Waals surface area contributed by atoms with Gasteiger partial charge in [0.1, 0.15) is 0 Å². The van der Waals surface area contributed by atoms with Gasteiger partial charge in [-0.15, -0.1) is 0 Å². The van der Waals surface area contributed by atoms with Crippen LogP contribution in [0.25, 0.3) is 0 Å². The molecule has 0 aromatic rings. The minimum Gasteiger partial charge on any atom is -0.453 e. The molecule has 2 atom stereocenters. The van der Waals surface area contributed by atoms with Crippen LogP contribution in [-0.4, -0.2) is 43.3 Å². The second-order valence-corrected chi connectivity index (χ2v) is 7.30. The van der Waals surface area contributed by atoms with Crippen molar-refractivity contribution in [3.8, 4) is 0 Å². The molecule has 3 rings (SSSR count). The largest absolute Gasteiger partial charge is 0.453 e. The van der Waals surface area contributed by atoms with Gasteiger partial charge in [-0.1, -0.05) is 19.8 Å². The van der Waals surface area contributed by atoms with E-state index < -0.39 is 0 Å². The van der Waals surface area contributed by atoms with Crippen molar-refractivity contribution >= 4 is 6.09 Å². The van der Waals surface area contributed by atoms with Crippen molar-refractivity contribution in [3.05, 3.63) is 0 Å². The molecule has 0 bridgehead atoms. The third-order valence-electron chi connectivity index (χ3n) is 5.30. The Kier molecular flexibility index (Phi) is 4.20. The van der Waals surface area contributed by atoms with E-state index in [1.54, 1.807) is 0 Å². The molecule has 0 radical (unpaired) electrons. The number of carbonyl (C=O) groups excluding carboxylic acids is 1. The predicted octanol–water partition coefficient (Wildman–Crippen LogP) is 2.63. The SMILES string of the molecule is COC(=O)NC1CC(CC2CC2)CN(C2CC(C)C2)C1. The van der Waals surface area contributed by atoms with Crippen LogP contribution < -0.4 is 5.32 Å². The first-order valence-corrected chi connectivity index (χ1v) is 8.22. The Balaban J connectivity index is 1.57. The summed E-state index contributed by atoms with van der Waals surface area (Å²) in [5.41, 5.74) is 0. The van der Waals surface area contributed by atoms with Gasteiger partial charge < -0.3 is 10.1 Å². The van der Waals surface area contributed by atoms with Gasteiger partial charge in [-0.2, -0.15) is 0 Å². The van der Waals surface area contributed by atoms with E-state index >= 15 is 0 Å². The Hall–Kier alpha value is -0.770. The van der Waals surface area contributed by atoms with Crippen molar-refractivity contribution in [3.63, 3.8) is 0 Å². The van der Waals surface area contributed by atoms with Gasteiger partial charge in [0.2, 0.25) is 0 Å². The molecule has 1 heterocycles. The maximum atomic E-state index is 11.5. The smallest absolute Gasteiger partial charge is 0.407 e. The molecule has 2 aliphatic carbocycles. The zero-order valence-electron chi connectivity index (χ0n) is 12.8. The number of amides is 1. The van der Waals surface area contributed by atoms with E-state index in [0.29, 0.717) is 0 Å². The summed E-state index contributed by atoms with van der Waals surface area (Å²) in [7, 11) is 1.45. The zero-order chi connectivity index (χ0) is 14.1. The highest BCUT2D eigenvalue weighted by molar-refractivity contribution is 5.67. The molecule has 1 aliphatic heterocycles. The lowest BCUT2D eigenvalue weighted by atomic mass is 9.78. The summed E-state index contributed by atoms with van der Waals surface area (Å²) in [6.07, 6.45) is 7.73. The summed E-state index contributed by atoms with van der Waals surface area (Å²) in [6.45, 7) is 4.59. The highest BCUT2D eigenvalue weighted by atomic mass is 16.5. The molecule has 1 amide bonds. The molecule has 1 saturated heterocycles. The van der Waals surface area contributed by atoms with Crippen LogP contribution in [0.5, 0.6) is 0 Å². The minimum absolute atomic E-state index is 0.274. The van der Waals surface area contributed by atoms with Crippen LogP contribution in [0.1, 0.15) is 45.4 Å². The Morgan fingerprint density at radius 1 is 1.20 bits per heavy atom. The van der Waals surface area contributed by atoms with Crippen molar-refractivity contribution in [2.24, 2.45) is 17.8 Å². The zero-order valence-corrected chi connectivity index (χ0v) is 12.8. The summed E-state index contributed by atoms with van der Waals surface area (Å²) in [5, 5.41) is 3.03. The highest BCUT2D eigenvalue weighted by Gasteiger charge is 2.38. The van der Waals surface area contributed by atoms with Gasteiger partial charge in [-0.05, 0) is 43.4 Å². The molecular weight excluding hydrogens is 252 g/mol. The third-order valence-corrected chi connectivity index (χ3v) is 5.30. The van der Waals surface area contributed by atoms with Gasteiger partial charge in [0.05, 0.1) is 7.11 Å². The van der Waals surface area contributed by atoms with Crippen LogP contribution in [0.3, 0.4) is 0 Å². The van der Waals surface area contributed by atoms with Crippen LogP contribution in [0, 0.1) is 17.8 Å². The monoisotopic (exact) mass is 280 g/mol. The lowest BCUT2D eigenvalue weighted by molar-refractivity contribution is 0.0305. The number of hydrogen-bond donors (Lipinski definition) is 1. The Morgan fingerprint density at radius 2 is 1.95 bits per heavy atom. The quantitative estimate of drug-likeness (QED) is 0.860. The first-order valence-electron chi connectivity index (χ1n) is 8.22. The maximum absolute atomic E-state index is 11.5. The van der Waals surface area contributed by atoms with Gasteiger partial charge >= 0.3 is 6.09 Å². The van der Waals surface area contributed by atoms with Crippen molar-refractivity contribution in [1.29, 1.82) is 0 Å². The fourth-order valence-corrected chi connectivity index (χ4v) is 4.02. The molecular formula is C16H28N2O2. The van der Waals surface area contributed by atoms with Crippen LogP contribution in [0.4, 0.5) is 4.79 Å². The number of hydrogen-bond acceptors (Lipinski definition) is 3. The first-order chi connectivity index (χ1) is 9.64. The van der Waals surface area contributed by atoms with E-state index in [4.69, 9.17) is 4.74 Å². The number of likely N-dealkylation sites (tertiary alicyclic amines) is 1. The standard InChI is InChI=1S/C16H28N2O2/c1-11-5-15(6-11)18-9-13(7-12-3-4-12)8-14(10-18)17-16(19)20-2/h11-15H,3-10H2,1-2H3,(H,17,19). The maximum Gasteiger partial charge on any atom is 0.407 e. The van der Waals surface area contributed by atoms with E-state index in [1.807, 2.05) is 0 Å². The van der Waals surface area contributed by atoms with E-state index in [0.717, 1.165) is 36.8 Å². The van der Waals surface area contributed by atoms with Crippen LogP contribution in [0.2, 0.25) is 0 Å². The summed E-state index contributed by atoms with van der Waals surface area (Å²) >= 11 is 0. The number of alkyl carbamates (subject to hydrolysis) is 1. The molecule has 0 spiro atoms. The predicted molar refractivity (Wildman–Crippen MR) is 78.5 cm³/mol. The number of nitrogens with zero attached hydrogens (tertiary/aromatic N) is 1. The van der Waals surface area contributed by atoms with Gasteiger partial charge in [0.25, 0.3) is 0 Å². The molecule has 2 saturated carbocycles. The summed E-state index contributed by atoms with van der Waals surface area (Å²) in [5.74, 6) is 2.61. The van der Waals surface area contributed by atoms with Crippen molar-refractivity contribution in [2.45, 2.75) is 57.5 Å². The molecule has 114 valence electrons. The van der Waals surface area contributed by atoms with Gasteiger partial charge in [0, 0.05) is 25.2 Å². The van der Waals surface area contributed by atoms with Gasteiger partial charge in [-0.25, -0.2) is 4.79 Å². The molecule has 4 heteroatoms. The number of ether oxygens (including phenoxy) is 1. The number of rotatable bonds is 4. The van der Waals surface area contributed by atoms with Crippen molar-refractivity contribution in [1.82, 2.24) is 10.2 Å². The second kappa shape index (κ2) is 5.92. The highest BCUT2D eigenvalue weighted by Crippen LogP contribution is 2.40. The van der Waals surface area contributed by atoms with E-state index in [-0.39, 0.29) is 12.1 Å². The number of piperidine rings is 1. The number of methoxy groups -OCH3 is 1. The molecule has 1 N–H and O–H groups in total. The number of nitrogens with one attached hydrogen (secondary N) is 1. The van der Waals surface area contributed by atoms with Crippen molar-refractivity contribution in [2.75, 3.05) is 20.2 Å². The second-order valence-electron chi connectivity index (χ2n) is 7.30. The Morgan fingerprint density at radius 3 is 2.55 bits per heavy atom. The lowest BCUT2D eigenvalue weighted by Crippen LogP contribution is -2.56. The van der Waals surface area contributed by atoms with Gasteiger partial charge in [0.15, 0.2) is 0 Å². The molecule has 3 aliphatic rings. The molecule has 2 unspecified atom stereocenters. The van der Waals surface area contributed by atoms with E-state index in [9.17, 15) is 4.79 Å². The Bertz CT molecular complexity index is 350. The topological polar surface area (TPSA) is 41.6 Å². The van der Waals surface area contributed by atoms with E-state index in [2.05, 4.69) is 17.1 Å². The van der Waals surface area contributed by atoms with Crippen LogP contribution >= 0.6 is 0 Å². The molecule has 0 aromatic carbocycles. The lowest BCUT2D eigenvalue weighted by Gasteiger charge is -2.47. The average molecular weight is 280 g/mol. The molecule has 20 heavy (non-hydrogen) atoms. The average Bonchev–Trinajstić information content (AvgIpc) is 3.18. The molecule has 0 aromatic heterocycles. The third kappa shape index (κ3) is 3.46. The number of carbonyl (C=O) groups is 1. The minimum atomic E-state index is -0.274. The summed E-state index contributed by atoms with van der Waals surface area (Å²) in [4.78, 5) is 14.1. The Labute approximate surface area is 122 Å². The van der Waals surface area contributed by atoms with Crippen LogP contribution in [-0.2, 0) is 4.74 Å².